The van der Waals surface area contributed by atoms with Gasteiger partial charge in [-0.05, 0) is 88.2 Å². The largest absolute Gasteiger partial charge is 0.481 e. The number of fused-ring (bicyclic) bond motifs is 1. The third-order valence-corrected chi connectivity index (χ3v) is 5.39. The molecule has 0 saturated carbocycles. The highest BCUT2D eigenvalue weighted by molar-refractivity contribution is 6.07. The smallest absolute Gasteiger partial charge is 0.307 e. The van der Waals surface area contributed by atoms with E-state index in [4.69, 9.17) is 0 Å². The molecule has 0 unspecified atom stereocenters. The van der Waals surface area contributed by atoms with Crippen molar-refractivity contribution in [2.24, 2.45) is 0 Å². The normalized spacial score (nSPS) is 14.3. The van der Waals surface area contributed by atoms with Crippen LogP contribution in [-0.2, 0) is 11.2 Å². The molecule has 3 aromatic rings. The fourth-order valence-electron chi connectivity index (χ4n) is 3.87. The number of rotatable bonds is 5. The van der Waals surface area contributed by atoms with Crippen LogP contribution in [0.4, 0.5) is 8.78 Å². The highest BCUT2D eigenvalue weighted by Crippen LogP contribution is 2.43. The van der Waals surface area contributed by atoms with Crippen molar-refractivity contribution in [1.29, 1.82) is 0 Å². The molecule has 1 aliphatic carbocycles. The molecular weight excluding hydrogens is 382 g/mol. The molecule has 0 heterocycles. The molecule has 0 radical (unpaired) electrons. The van der Waals surface area contributed by atoms with Crippen molar-refractivity contribution in [1.82, 2.24) is 0 Å². The summed E-state index contributed by atoms with van der Waals surface area (Å²) in [5, 5.41) is 9.26. The average molecular weight is 402 g/mol. The Hall–Kier alpha value is -3.53. The molecule has 0 bridgehead atoms. The number of benzene rings is 3. The third-order valence-electron chi connectivity index (χ3n) is 5.39. The maximum atomic E-state index is 13.8. The predicted octanol–water partition coefficient (Wildman–Crippen LogP) is 6.36. The Bertz CT molecular complexity index is 1170. The fourth-order valence-corrected chi connectivity index (χ4v) is 3.87. The van der Waals surface area contributed by atoms with E-state index in [0.717, 1.165) is 33.4 Å². The predicted molar refractivity (Wildman–Crippen MR) is 115 cm³/mol. The van der Waals surface area contributed by atoms with Crippen LogP contribution >= 0.6 is 0 Å². The van der Waals surface area contributed by atoms with Gasteiger partial charge >= 0.3 is 5.97 Å². The minimum Gasteiger partial charge on any atom is -0.481 e. The van der Waals surface area contributed by atoms with Crippen LogP contribution in [0.3, 0.4) is 0 Å². The van der Waals surface area contributed by atoms with Crippen LogP contribution in [0, 0.1) is 11.6 Å². The Kier molecular flexibility index (Phi) is 5.32. The van der Waals surface area contributed by atoms with Crippen molar-refractivity contribution in [2.75, 3.05) is 0 Å². The summed E-state index contributed by atoms with van der Waals surface area (Å²) in [6.07, 6.45) is 2.57. The molecule has 30 heavy (non-hydrogen) atoms. The second kappa shape index (κ2) is 8.07. The van der Waals surface area contributed by atoms with E-state index in [1.54, 1.807) is 18.2 Å². The standard InChI is InChI=1S/C26H20F2O2/c1-16-23(22-11-10-21(28)14-25(22)24(16)15-26(29)30)13-19-4-2-17(3-5-19)12-18-6-8-20(27)9-7-18/h2-11,13-14H,12,15H2,1H3,(H,29,30)/b23-13-. The summed E-state index contributed by atoms with van der Waals surface area (Å²) in [7, 11) is 0. The Morgan fingerprint density at radius 1 is 0.867 bits per heavy atom. The average Bonchev–Trinajstić information content (AvgIpc) is 2.96. The van der Waals surface area contributed by atoms with E-state index in [1.807, 2.05) is 37.3 Å². The summed E-state index contributed by atoms with van der Waals surface area (Å²) in [4.78, 5) is 11.3. The van der Waals surface area contributed by atoms with Crippen LogP contribution in [0.5, 0.6) is 0 Å². The number of carboxylic acids is 1. The van der Waals surface area contributed by atoms with E-state index >= 15 is 0 Å². The Labute approximate surface area is 173 Å². The molecule has 0 saturated heterocycles. The van der Waals surface area contributed by atoms with Gasteiger partial charge in [0.2, 0.25) is 0 Å². The van der Waals surface area contributed by atoms with Gasteiger partial charge in [-0.1, -0.05) is 42.5 Å². The van der Waals surface area contributed by atoms with E-state index in [9.17, 15) is 18.7 Å². The number of aliphatic carboxylic acids is 1. The fraction of sp³-hybridized carbons (Fsp3) is 0.115. The summed E-state index contributed by atoms with van der Waals surface area (Å²) in [5.74, 6) is -1.56. The molecule has 0 fully saturated rings. The van der Waals surface area contributed by atoms with Gasteiger partial charge in [0, 0.05) is 0 Å². The van der Waals surface area contributed by atoms with Crippen molar-refractivity contribution in [3.8, 4) is 0 Å². The zero-order valence-corrected chi connectivity index (χ0v) is 16.5. The van der Waals surface area contributed by atoms with E-state index < -0.39 is 5.97 Å². The van der Waals surface area contributed by atoms with Crippen LogP contribution in [-0.4, -0.2) is 11.1 Å². The van der Waals surface area contributed by atoms with Gasteiger partial charge in [0.05, 0.1) is 6.42 Å². The van der Waals surface area contributed by atoms with Crippen molar-refractivity contribution < 1.29 is 18.7 Å². The number of allylic oxidation sites excluding steroid dienone is 2. The van der Waals surface area contributed by atoms with Crippen molar-refractivity contribution in [3.63, 3.8) is 0 Å². The lowest BCUT2D eigenvalue weighted by molar-refractivity contribution is -0.135. The summed E-state index contributed by atoms with van der Waals surface area (Å²) < 4.78 is 26.9. The molecule has 0 spiro atoms. The topological polar surface area (TPSA) is 37.3 Å². The molecule has 0 aliphatic heterocycles. The number of hydrogen-bond acceptors (Lipinski definition) is 1. The van der Waals surface area contributed by atoms with Crippen LogP contribution in [0.1, 0.15) is 41.2 Å². The molecule has 3 aromatic carbocycles. The van der Waals surface area contributed by atoms with E-state index in [-0.39, 0.29) is 18.1 Å². The Balaban J connectivity index is 1.64. The molecule has 0 amide bonds. The molecule has 0 atom stereocenters. The first-order valence-corrected chi connectivity index (χ1v) is 9.68. The third kappa shape index (κ3) is 4.08. The second-order valence-corrected chi connectivity index (χ2v) is 7.47. The van der Waals surface area contributed by atoms with Gasteiger partial charge in [0.15, 0.2) is 0 Å². The van der Waals surface area contributed by atoms with Crippen LogP contribution in [0.15, 0.2) is 72.3 Å². The highest BCUT2D eigenvalue weighted by Gasteiger charge is 2.25. The molecule has 150 valence electrons. The summed E-state index contributed by atoms with van der Waals surface area (Å²) in [6.45, 7) is 1.88. The minimum absolute atomic E-state index is 0.143. The van der Waals surface area contributed by atoms with Gasteiger partial charge in [-0.25, -0.2) is 8.78 Å². The number of carboxylic acid groups (broad SMARTS) is 1. The van der Waals surface area contributed by atoms with E-state index in [1.165, 1.54) is 24.3 Å². The van der Waals surface area contributed by atoms with Crippen LogP contribution in [0.25, 0.3) is 17.2 Å². The van der Waals surface area contributed by atoms with Gasteiger partial charge in [-0.15, -0.1) is 0 Å². The molecular formula is C26H20F2O2. The molecule has 4 heteroatoms. The summed E-state index contributed by atoms with van der Waals surface area (Å²) in [5.41, 5.74) is 7.02. The number of hydrogen-bond donors (Lipinski definition) is 1. The van der Waals surface area contributed by atoms with Crippen LogP contribution in [0.2, 0.25) is 0 Å². The Morgan fingerprint density at radius 2 is 1.47 bits per heavy atom. The maximum absolute atomic E-state index is 13.8. The quantitative estimate of drug-likeness (QED) is 0.539. The highest BCUT2D eigenvalue weighted by atomic mass is 19.1. The monoisotopic (exact) mass is 402 g/mol. The van der Waals surface area contributed by atoms with E-state index in [0.29, 0.717) is 17.6 Å². The van der Waals surface area contributed by atoms with Crippen molar-refractivity contribution in [2.45, 2.75) is 19.8 Å². The van der Waals surface area contributed by atoms with Crippen molar-refractivity contribution >= 4 is 23.2 Å². The summed E-state index contributed by atoms with van der Waals surface area (Å²) in [6, 6.07) is 19.0. The minimum atomic E-state index is -0.939. The molecule has 4 rings (SSSR count). The lowest BCUT2D eigenvalue weighted by atomic mass is 9.99. The van der Waals surface area contributed by atoms with Gasteiger partial charge < -0.3 is 5.11 Å². The molecule has 0 aromatic heterocycles. The van der Waals surface area contributed by atoms with Gasteiger partial charge in [0.25, 0.3) is 0 Å². The number of halogens is 2. The van der Waals surface area contributed by atoms with Gasteiger partial charge in [0.1, 0.15) is 11.6 Å². The van der Waals surface area contributed by atoms with Crippen molar-refractivity contribution in [3.05, 3.63) is 112 Å². The lowest BCUT2D eigenvalue weighted by Crippen LogP contribution is -1.97. The number of carbonyl (C=O) groups is 1. The first kappa shape index (κ1) is 19.8. The van der Waals surface area contributed by atoms with Crippen LogP contribution < -0.4 is 0 Å². The Morgan fingerprint density at radius 3 is 2.10 bits per heavy atom. The van der Waals surface area contributed by atoms with E-state index in [2.05, 4.69) is 0 Å². The molecule has 1 N–H and O–H groups in total. The first-order valence-electron chi connectivity index (χ1n) is 9.68. The first-order chi connectivity index (χ1) is 14.4. The molecule has 1 aliphatic rings. The van der Waals surface area contributed by atoms with Gasteiger partial charge in [-0.2, -0.15) is 0 Å². The molecule has 2 nitrogen and oxygen atoms in total. The summed E-state index contributed by atoms with van der Waals surface area (Å²) >= 11 is 0. The maximum Gasteiger partial charge on any atom is 0.307 e. The zero-order valence-electron chi connectivity index (χ0n) is 16.5. The SMILES string of the molecule is CC1=C(CC(=O)O)c2cc(F)ccc2/C1=C\c1ccc(Cc2ccc(F)cc2)cc1. The zero-order chi connectivity index (χ0) is 21.3. The van der Waals surface area contributed by atoms with Gasteiger partial charge in [-0.3, -0.25) is 4.79 Å². The second-order valence-electron chi connectivity index (χ2n) is 7.47. The lowest BCUT2D eigenvalue weighted by Gasteiger charge is -2.06.